The van der Waals surface area contributed by atoms with E-state index in [-0.39, 0.29) is 31.1 Å². The number of carbonyl (C=O) groups excluding carboxylic acids is 3. The molecule has 9 heteroatoms. The molecule has 2 rings (SSSR count). The number of nitrogens with one attached hydrogen (secondary N) is 2. The third-order valence-electron chi connectivity index (χ3n) is 4.48. The van der Waals surface area contributed by atoms with Crippen molar-refractivity contribution in [2.75, 3.05) is 51.3 Å². The van der Waals surface area contributed by atoms with Crippen LogP contribution in [-0.4, -0.2) is 68.8 Å². The first-order chi connectivity index (χ1) is 13.3. The van der Waals surface area contributed by atoms with E-state index in [1.54, 1.807) is 24.8 Å². The number of nitrogens with zero attached hydrogens (tertiary/aromatic N) is 1. The fourth-order valence-corrected chi connectivity index (χ4v) is 4.01. The minimum Gasteiger partial charge on any atom is -0.462 e. The Hall–Kier alpha value is -2.13. The van der Waals surface area contributed by atoms with Crippen LogP contribution in [0.3, 0.4) is 0 Å². The molecule has 1 fully saturated rings. The Morgan fingerprint density at radius 1 is 1.18 bits per heavy atom. The van der Waals surface area contributed by atoms with Crippen molar-refractivity contribution in [3.63, 3.8) is 0 Å². The van der Waals surface area contributed by atoms with Crippen LogP contribution >= 0.6 is 11.3 Å². The van der Waals surface area contributed by atoms with Crippen LogP contribution in [0, 0.1) is 0 Å². The van der Waals surface area contributed by atoms with Gasteiger partial charge in [0.15, 0.2) is 6.54 Å². The maximum absolute atomic E-state index is 12.5. The summed E-state index contributed by atoms with van der Waals surface area (Å²) in [5.41, 5.74) is 0.408. The van der Waals surface area contributed by atoms with E-state index in [1.807, 2.05) is 13.8 Å². The highest BCUT2D eigenvalue weighted by Crippen LogP contribution is 2.33. The molecule has 2 amide bonds. The average molecular weight is 413 g/mol. The van der Waals surface area contributed by atoms with Crippen molar-refractivity contribution < 1.29 is 28.8 Å². The van der Waals surface area contributed by atoms with Crippen molar-refractivity contribution in [3.05, 3.63) is 16.5 Å². The van der Waals surface area contributed by atoms with E-state index in [9.17, 15) is 14.4 Å². The SMILES string of the molecule is CCOC(=O)c1cc(C(C)C)sc1NC(=O)C[NH+]1CCN(C(=O)OCC)CC1. The summed E-state index contributed by atoms with van der Waals surface area (Å²) in [6, 6.07) is 1.80. The molecular weight excluding hydrogens is 382 g/mol. The lowest BCUT2D eigenvalue weighted by atomic mass is 10.1. The van der Waals surface area contributed by atoms with Gasteiger partial charge in [0.2, 0.25) is 0 Å². The Bertz CT molecular complexity index is 696. The topological polar surface area (TPSA) is 89.4 Å². The molecule has 2 N–H and O–H groups in total. The van der Waals surface area contributed by atoms with Crippen LogP contribution in [0.1, 0.15) is 48.8 Å². The van der Waals surface area contributed by atoms with E-state index in [0.717, 1.165) is 9.78 Å². The number of quaternary nitrogens is 1. The number of esters is 1. The van der Waals surface area contributed by atoms with Crippen molar-refractivity contribution in [2.45, 2.75) is 33.6 Å². The van der Waals surface area contributed by atoms with Crippen molar-refractivity contribution in [2.24, 2.45) is 0 Å². The third kappa shape index (κ3) is 5.93. The van der Waals surface area contributed by atoms with Crippen LogP contribution in [0.15, 0.2) is 6.07 Å². The Morgan fingerprint density at radius 2 is 1.82 bits per heavy atom. The van der Waals surface area contributed by atoms with Gasteiger partial charge in [-0.3, -0.25) is 9.69 Å². The van der Waals surface area contributed by atoms with Crippen LogP contribution in [0.5, 0.6) is 0 Å². The number of anilines is 1. The molecule has 0 bridgehead atoms. The minimum atomic E-state index is -0.420. The molecule has 0 spiro atoms. The molecule has 2 heterocycles. The van der Waals surface area contributed by atoms with Crippen LogP contribution in [-0.2, 0) is 14.3 Å². The van der Waals surface area contributed by atoms with Crippen LogP contribution in [0.4, 0.5) is 9.80 Å². The lowest BCUT2D eigenvalue weighted by Gasteiger charge is -2.31. The Labute approximate surface area is 169 Å². The molecule has 1 aromatic rings. The number of rotatable bonds is 7. The molecule has 28 heavy (non-hydrogen) atoms. The number of piperazine rings is 1. The first-order valence-electron chi connectivity index (χ1n) is 9.71. The zero-order valence-corrected chi connectivity index (χ0v) is 17.8. The fraction of sp³-hybridized carbons (Fsp3) is 0.632. The molecule has 0 saturated carbocycles. The smallest absolute Gasteiger partial charge is 0.410 e. The highest BCUT2D eigenvalue weighted by molar-refractivity contribution is 7.16. The monoisotopic (exact) mass is 412 g/mol. The lowest BCUT2D eigenvalue weighted by Crippen LogP contribution is -3.15. The normalized spacial score (nSPS) is 14.8. The molecule has 0 aromatic carbocycles. The van der Waals surface area contributed by atoms with Gasteiger partial charge in [-0.05, 0) is 25.8 Å². The molecule has 0 atom stereocenters. The van der Waals surface area contributed by atoms with Crippen LogP contribution in [0.2, 0.25) is 0 Å². The van der Waals surface area contributed by atoms with Crippen molar-refractivity contribution in [3.8, 4) is 0 Å². The van der Waals surface area contributed by atoms with Gasteiger partial charge in [0.1, 0.15) is 5.00 Å². The average Bonchev–Trinajstić information content (AvgIpc) is 3.07. The van der Waals surface area contributed by atoms with E-state index >= 15 is 0 Å². The van der Waals surface area contributed by atoms with Gasteiger partial charge in [0.05, 0.1) is 45.0 Å². The zero-order chi connectivity index (χ0) is 20.7. The molecule has 1 aromatic heterocycles. The van der Waals surface area contributed by atoms with E-state index in [4.69, 9.17) is 9.47 Å². The van der Waals surface area contributed by atoms with Crippen LogP contribution < -0.4 is 10.2 Å². The molecule has 0 aliphatic carbocycles. The molecular formula is C19H30N3O5S+. The van der Waals surface area contributed by atoms with E-state index in [1.165, 1.54) is 11.3 Å². The summed E-state index contributed by atoms with van der Waals surface area (Å²) in [6.07, 6.45) is -0.301. The summed E-state index contributed by atoms with van der Waals surface area (Å²) >= 11 is 1.41. The maximum atomic E-state index is 12.5. The van der Waals surface area contributed by atoms with Gasteiger partial charge in [-0.1, -0.05) is 13.8 Å². The number of hydrogen-bond acceptors (Lipinski definition) is 6. The second-order valence-corrected chi connectivity index (χ2v) is 8.01. The highest BCUT2D eigenvalue weighted by atomic mass is 32.1. The van der Waals surface area contributed by atoms with Gasteiger partial charge in [0, 0.05) is 4.88 Å². The molecule has 156 valence electrons. The van der Waals surface area contributed by atoms with Crippen molar-refractivity contribution >= 4 is 34.3 Å². The Balaban J connectivity index is 1.94. The summed E-state index contributed by atoms with van der Waals surface area (Å²) in [5.74, 6) is -0.316. The fourth-order valence-electron chi connectivity index (χ4n) is 2.94. The Morgan fingerprint density at radius 3 is 2.39 bits per heavy atom. The summed E-state index contributed by atoms with van der Waals surface area (Å²) in [7, 11) is 0. The molecule has 0 unspecified atom stereocenters. The minimum absolute atomic E-state index is 0.151. The van der Waals surface area contributed by atoms with E-state index in [0.29, 0.717) is 43.4 Å². The summed E-state index contributed by atoms with van der Waals surface area (Å²) in [5, 5.41) is 3.42. The molecule has 1 aliphatic heterocycles. The van der Waals surface area contributed by atoms with Crippen molar-refractivity contribution in [1.82, 2.24) is 4.90 Å². The maximum Gasteiger partial charge on any atom is 0.410 e. The van der Waals surface area contributed by atoms with E-state index < -0.39 is 5.97 Å². The van der Waals surface area contributed by atoms with Gasteiger partial charge >= 0.3 is 12.1 Å². The van der Waals surface area contributed by atoms with Crippen LogP contribution in [0.25, 0.3) is 0 Å². The molecule has 8 nitrogen and oxygen atoms in total. The number of hydrogen-bond donors (Lipinski definition) is 2. The quantitative estimate of drug-likeness (QED) is 0.660. The second-order valence-electron chi connectivity index (χ2n) is 6.93. The van der Waals surface area contributed by atoms with Gasteiger partial charge in [0.25, 0.3) is 5.91 Å². The predicted molar refractivity (Wildman–Crippen MR) is 107 cm³/mol. The van der Waals surface area contributed by atoms with Gasteiger partial charge in [-0.25, -0.2) is 9.59 Å². The van der Waals surface area contributed by atoms with Crippen molar-refractivity contribution in [1.29, 1.82) is 0 Å². The zero-order valence-electron chi connectivity index (χ0n) is 17.0. The largest absolute Gasteiger partial charge is 0.462 e. The number of thiophene rings is 1. The molecule has 1 saturated heterocycles. The summed E-state index contributed by atoms with van der Waals surface area (Å²) in [4.78, 5) is 40.3. The lowest BCUT2D eigenvalue weighted by molar-refractivity contribution is -0.895. The third-order valence-corrected chi connectivity index (χ3v) is 5.83. The summed E-state index contributed by atoms with van der Waals surface area (Å²) in [6.45, 7) is 11.0. The highest BCUT2D eigenvalue weighted by Gasteiger charge is 2.27. The van der Waals surface area contributed by atoms with Gasteiger partial charge in [-0.2, -0.15) is 0 Å². The summed E-state index contributed by atoms with van der Waals surface area (Å²) < 4.78 is 10.1. The first kappa shape index (κ1) is 22.2. The standard InChI is InChI=1S/C19H29N3O5S/c1-5-26-18(24)14-11-15(13(3)4)28-17(14)20-16(23)12-21-7-9-22(10-8-21)19(25)27-6-2/h11,13H,5-10,12H2,1-4H3,(H,20,23)/p+1. The molecule has 0 radical (unpaired) electrons. The Kier molecular flexibility index (Phi) is 8.25. The number of amides is 2. The first-order valence-corrected chi connectivity index (χ1v) is 10.5. The van der Waals surface area contributed by atoms with Gasteiger partial charge in [-0.15, -0.1) is 11.3 Å². The second kappa shape index (κ2) is 10.4. The van der Waals surface area contributed by atoms with Gasteiger partial charge < -0.3 is 19.7 Å². The molecule has 1 aliphatic rings. The predicted octanol–water partition coefficient (Wildman–Crippen LogP) is 1.34. The number of carbonyl (C=O) groups is 3. The van der Waals surface area contributed by atoms with E-state index in [2.05, 4.69) is 5.32 Å². The number of ether oxygens (including phenoxy) is 2.